The van der Waals surface area contributed by atoms with Gasteiger partial charge in [-0.3, -0.25) is 4.79 Å². The Morgan fingerprint density at radius 1 is 1.10 bits per heavy atom. The molecule has 0 heterocycles. The van der Waals surface area contributed by atoms with Gasteiger partial charge in [0.2, 0.25) is 9.84 Å². The van der Waals surface area contributed by atoms with Crippen molar-refractivity contribution in [2.45, 2.75) is 43.9 Å². The predicted molar refractivity (Wildman–Crippen MR) is 117 cm³/mol. The molecule has 1 fully saturated rings. The monoisotopic (exact) mass is 439 g/mol. The number of benzene rings is 2. The summed E-state index contributed by atoms with van der Waals surface area (Å²) in [5, 5.41) is 9.48. The quantitative estimate of drug-likeness (QED) is 0.346. The van der Waals surface area contributed by atoms with Crippen molar-refractivity contribution < 1.29 is 22.7 Å². The number of carbonyl (C=O) groups is 1. The van der Waals surface area contributed by atoms with Crippen LogP contribution in [-0.4, -0.2) is 21.0 Å². The molecule has 0 N–H and O–H groups in total. The van der Waals surface area contributed by atoms with E-state index in [1.807, 2.05) is 0 Å². The molecule has 0 aromatic heterocycles. The number of carbonyl (C=O) groups excluding carboxylic acids is 1. The van der Waals surface area contributed by atoms with Gasteiger partial charge in [0.15, 0.2) is 11.5 Å². The zero-order chi connectivity index (χ0) is 22.3. The third kappa shape index (κ3) is 5.53. The Hall–Kier alpha value is -3.11. The molecule has 3 rings (SSSR count). The highest BCUT2D eigenvalue weighted by Crippen LogP contribution is 2.33. The lowest BCUT2D eigenvalue weighted by molar-refractivity contribution is -0.140. The van der Waals surface area contributed by atoms with E-state index < -0.39 is 9.84 Å². The van der Waals surface area contributed by atoms with E-state index in [2.05, 4.69) is 0 Å². The molecular weight excluding hydrogens is 414 g/mol. The molecule has 0 atom stereocenters. The van der Waals surface area contributed by atoms with Gasteiger partial charge in [-0.05, 0) is 55.7 Å². The number of nitrogens with zero attached hydrogens (tertiary/aromatic N) is 1. The number of ether oxygens (including phenoxy) is 2. The van der Waals surface area contributed by atoms with E-state index in [0.29, 0.717) is 23.7 Å². The number of hydrogen-bond donors (Lipinski definition) is 0. The summed E-state index contributed by atoms with van der Waals surface area (Å²) in [7, 11) is -3.94. The minimum Gasteiger partial charge on any atom is -0.490 e. The Bertz CT molecular complexity index is 1090. The highest BCUT2D eigenvalue weighted by Gasteiger charge is 2.24. The molecule has 0 spiro atoms. The fourth-order valence-electron chi connectivity index (χ4n) is 3.54. The van der Waals surface area contributed by atoms with Crippen LogP contribution in [0.1, 0.15) is 44.6 Å². The Kier molecular flexibility index (Phi) is 7.48. The van der Waals surface area contributed by atoms with Crippen LogP contribution in [0.2, 0.25) is 0 Å². The zero-order valence-corrected chi connectivity index (χ0v) is 18.2. The van der Waals surface area contributed by atoms with Crippen molar-refractivity contribution in [2.75, 3.05) is 6.61 Å². The molecule has 0 radical (unpaired) electrons. The van der Waals surface area contributed by atoms with Crippen molar-refractivity contribution in [3.8, 4) is 17.6 Å². The summed E-state index contributed by atoms with van der Waals surface area (Å²) in [4.78, 5) is 12.2. The first-order chi connectivity index (χ1) is 15.0. The largest absolute Gasteiger partial charge is 0.490 e. The number of sulfone groups is 1. The molecule has 0 saturated heterocycles. The first-order valence-electron chi connectivity index (χ1n) is 10.4. The van der Waals surface area contributed by atoms with Crippen LogP contribution in [0.4, 0.5) is 0 Å². The first kappa shape index (κ1) is 22.6. The Morgan fingerprint density at radius 2 is 1.81 bits per heavy atom. The highest BCUT2D eigenvalue weighted by atomic mass is 32.2. The maximum absolute atomic E-state index is 12.8. The van der Waals surface area contributed by atoms with Gasteiger partial charge in [-0.25, -0.2) is 8.42 Å². The van der Waals surface area contributed by atoms with Gasteiger partial charge in [-0.1, -0.05) is 43.5 Å². The lowest BCUT2D eigenvalue weighted by atomic mass is 9.89. The van der Waals surface area contributed by atoms with Crippen LogP contribution in [0.15, 0.2) is 58.3 Å². The van der Waals surface area contributed by atoms with Gasteiger partial charge < -0.3 is 9.47 Å². The van der Waals surface area contributed by atoms with Gasteiger partial charge in [-0.15, -0.1) is 0 Å². The van der Waals surface area contributed by atoms with Crippen LogP contribution >= 0.6 is 0 Å². The molecule has 0 aliphatic heterocycles. The molecule has 2 aromatic carbocycles. The van der Waals surface area contributed by atoms with E-state index in [9.17, 15) is 18.5 Å². The second-order valence-corrected chi connectivity index (χ2v) is 9.25. The van der Waals surface area contributed by atoms with Crippen LogP contribution in [0, 0.1) is 17.2 Å². The number of rotatable bonds is 7. The molecule has 1 saturated carbocycles. The second-order valence-electron chi connectivity index (χ2n) is 7.33. The Morgan fingerprint density at radius 3 is 2.45 bits per heavy atom. The van der Waals surface area contributed by atoms with E-state index in [-0.39, 0.29) is 21.7 Å². The van der Waals surface area contributed by atoms with Crippen molar-refractivity contribution in [3.63, 3.8) is 0 Å². The summed E-state index contributed by atoms with van der Waals surface area (Å²) < 4.78 is 36.8. The van der Waals surface area contributed by atoms with Gasteiger partial charge in [-0.2, -0.15) is 5.26 Å². The van der Waals surface area contributed by atoms with Gasteiger partial charge in [0.25, 0.3) is 0 Å². The maximum atomic E-state index is 12.8. The molecular formula is C24H25NO5S. The lowest BCUT2D eigenvalue weighted by Gasteiger charge is -2.20. The Labute approximate surface area is 183 Å². The lowest BCUT2D eigenvalue weighted by Crippen LogP contribution is -2.23. The van der Waals surface area contributed by atoms with E-state index in [0.717, 1.165) is 32.1 Å². The second kappa shape index (κ2) is 10.3. The SMILES string of the molecule is CCOc1cc(/C=C(\C#N)S(=O)(=O)c2ccccc2)ccc1OC(=O)C1CCCCC1. The minimum atomic E-state index is -3.94. The molecule has 162 valence electrons. The summed E-state index contributed by atoms with van der Waals surface area (Å²) >= 11 is 0. The predicted octanol–water partition coefficient (Wildman–Crippen LogP) is 4.91. The van der Waals surface area contributed by atoms with Crippen LogP contribution in [-0.2, 0) is 14.6 Å². The molecule has 31 heavy (non-hydrogen) atoms. The zero-order valence-electron chi connectivity index (χ0n) is 17.4. The molecule has 1 aliphatic carbocycles. The third-order valence-corrected chi connectivity index (χ3v) is 6.85. The van der Waals surface area contributed by atoms with E-state index in [1.165, 1.54) is 18.2 Å². The number of hydrogen-bond acceptors (Lipinski definition) is 6. The molecule has 0 unspecified atom stereocenters. The summed E-state index contributed by atoms with van der Waals surface area (Å²) in [6.45, 7) is 2.14. The summed E-state index contributed by atoms with van der Waals surface area (Å²) in [6.07, 6.45) is 6.13. The standard InChI is InChI=1S/C24H25NO5S/c1-2-29-23-16-18(13-14-22(23)30-24(26)19-9-5-3-6-10-19)15-21(17-25)31(27,28)20-11-7-4-8-12-20/h4,7-8,11-16,19H,2-3,5-6,9-10H2,1H3/b21-15+. The van der Waals surface area contributed by atoms with Crippen molar-refractivity contribution in [1.29, 1.82) is 5.26 Å². The van der Waals surface area contributed by atoms with Crippen molar-refractivity contribution in [1.82, 2.24) is 0 Å². The van der Waals surface area contributed by atoms with Crippen molar-refractivity contribution >= 4 is 21.9 Å². The van der Waals surface area contributed by atoms with Gasteiger partial charge in [0, 0.05) is 0 Å². The van der Waals surface area contributed by atoms with E-state index in [1.54, 1.807) is 49.4 Å². The Balaban J connectivity index is 1.89. The number of allylic oxidation sites excluding steroid dienone is 1. The average molecular weight is 440 g/mol. The van der Waals surface area contributed by atoms with Gasteiger partial charge >= 0.3 is 5.97 Å². The fraction of sp³-hybridized carbons (Fsp3) is 0.333. The van der Waals surface area contributed by atoms with E-state index >= 15 is 0 Å². The average Bonchev–Trinajstić information content (AvgIpc) is 2.80. The number of nitriles is 1. The maximum Gasteiger partial charge on any atom is 0.314 e. The topological polar surface area (TPSA) is 93.5 Å². The molecule has 2 aromatic rings. The molecule has 0 bridgehead atoms. The molecule has 7 heteroatoms. The fourth-order valence-corrected chi connectivity index (χ4v) is 4.73. The normalized spacial score (nSPS) is 15.2. The van der Waals surface area contributed by atoms with Crippen LogP contribution in [0.25, 0.3) is 6.08 Å². The molecule has 1 aliphatic rings. The minimum absolute atomic E-state index is 0.0471. The van der Waals surface area contributed by atoms with Crippen LogP contribution in [0.5, 0.6) is 11.5 Å². The first-order valence-corrected chi connectivity index (χ1v) is 11.8. The van der Waals surface area contributed by atoms with E-state index in [4.69, 9.17) is 9.47 Å². The number of esters is 1. The highest BCUT2D eigenvalue weighted by molar-refractivity contribution is 7.95. The summed E-state index contributed by atoms with van der Waals surface area (Å²) in [5.41, 5.74) is 0.456. The van der Waals surface area contributed by atoms with Gasteiger partial charge in [0.1, 0.15) is 11.0 Å². The van der Waals surface area contributed by atoms with Crippen LogP contribution in [0.3, 0.4) is 0 Å². The smallest absolute Gasteiger partial charge is 0.314 e. The molecule has 0 amide bonds. The van der Waals surface area contributed by atoms with Crippen LogP contribution < -0.4 is 9.47 Å². The molecule has 6 nitrogen and oxygen atoms in total. The third-order valence-electron chi connectivity index (χ3n) is 5.17. The van der Waals surface area contributed by atoms with Gasteiger partial charge in [0.05, 0.1) is 17.4 Å². The summed E-state index contributed by atoms with van der Waals surface area (Å²) in [5.74, 6) is 0.242. The van der Waals surface area contributed by atoms with Crippen molar-refractivity contribution in [2.24, 2.45) is 5.92 Å². The van der Waals surface area contributed by atoms with Crippen molar-refractivity contribution in [3.05, 3.63) is 59.0 Å². The summed E-state index contributed by atoms with van der Waals surface area (Å²) in [6, 6.07) is 14.3.